The highest BCUT2D eigenvalue weighted by molar-refractivity contribution is 7.89. The van der Waals surface area contributed by atoms with Gasteiger partial charge in [0.1, 0.15) is 11.6 Å². The molecule has 0 spiro atoms. The van der Waals surface area contributed by atoms with Gasteiger partial charge in [-0.05, 0) is 74.6 Å². The second-order valence-electron chi connectivity index (χ2n) is 7.14. The number of carbonyl (C=O) groups excluding carboxylic acids is 1. The minimum atomic E-state index is -3.60. The molecule has 0 aliphatic heterocycles. The van der Waals surface area contributed by atoms with E-state index in [4.69, 9.17) is 4.74 Å². The van der Waals surface area contributed by atoms with Crippen LogP contribution in [0.5, 0.6) is 5.75 Å². The minimum Gasteiger partial charge on any atom is -0.494 e. The monoisotopic (exact) mass is 420 g/mol. The summed E-state index contributed by atoms with van der Waals surface area (Å²) < 4.78 is 45.7. The summed E-state index contributed by atoms with van der Waals surface area (Å²) in [6.07, 6.45) is 3.12. The first kappa shape index (κ1) is 21.3. The molecule has 29 heavy (non-hydrogen) atoms. The Hall–Kier alpha value is -2.45. The predicted octanol–water partition coefficient (Wildman–Crippen LogP) is 3.16. The minimum absolute atomic E-state index is 0.00991. The first-order valence-electron chi connectivity index (χ1n) is 9.65. The van der Waals surface area contributed by atoms with Gasteiger partial charge in [0, 0.05) is 18.2 Å². The number of ether oxygens (including phenoxy) is 1. The van der Waals surface area contributed by atoms with Gasteiger partial charge in [-0.2, -0.15) is 0 Å². The molecule has 1 saturated carbocycles. The molecule has 3 rings (SSSR count). The Bertz CT molecular complexity index is 957. The van der Waals surface area contributed by atoms with Crippen LogP contribution in [0.4, 0.5) is 4.39 Å². The average molecular weight is 421 g/mol. The molecule has 156 valence electrons. The Balaban J connectivity index is 1.46. The summed E-state index contributed by atoms with van der Waals surface area (Å²) in [5.41, 5.74) is 1.07. The Morgan fingerprint density at radius 1 is 1.14 bits per heavy atom. The lowest BCUT2D eigenvalue weighted by Gasteiger charge is -2.11. The molecule has 2 N–H and O–H groups in total. The lowest BCUT2D eigenvalue weighted by molar-refractivity contribution is 0.0951. The predicted molar refractivity (Wildman–Crippen MR) is 108 cm³/mol. The smallest absolute Gasteiger partial charge is 0.251 e. The summed E-state index contributed by atoms with van der Waals surface area (Å²) in [5, 5.41) is 2.82. The highest BCUT2D eigenvalue weighted by Crippen LogP contribution is 2.23. The third kappa shape index (κ3) is 6.27. The van der Waals surface area contributed by atoms with Crippen molar-refractivity contribution in [1.82, 2.24) is 10.0 Å². The van der Waals surface area contributed by atoms with Crippen LogP contribution < -0.4 is 14.8 Å². The van der Waals surface area contributed by atoms with Crippen LogP contribution in [0.25, 0.3) is 0 Å². The van der Waals surface area contributed by atoms with E-state index in [1.807, 2.05) is 0 Å². The molecule has 8 heteroatoms. The van der Waals surface area contributed by atoms with Crippen LogP contribution in [0.3, 0.4) is 0 Å². The molecule has 0 atom stereocenters. The van der Waals surface area contributed by atoms with Crippen LogP contribution in [0.1, 0.15) is 41.6 Å². The Labute approximate surface area is 170 Å². The number of rotatable bonds is 10. The molecule has 6 nitrogen and oxygen atoms in total. The second kappa shape index (κ2) is 9.37. The molecule has 0 radical (unpaired) electrons. The largest absolute Gasteiger partial charge is 0.494 e. The molecule has 2 aromatic carbocycles. The van der Waals surface area contributed by atoms with Crippen LogP contribution >= 0.6 is 0 Å². The SMILES string of the molecule is Cc1ccc(S(=O)(=O)NC2CC2)cc1C(=O)NCCCCOc1ccc(F)cc1. The van der Waals surface area contributed by atoms with Crippen molar-refractivity contribution in [3.63, 3.8) is 0 Å². The van der Waals surface area contributed by atoms with Gasteiger partial charge in [0.25, 0.3) is 5.91 Å². The van der Waals surface area contributed by atoms with E-state index in [1.165, 1.54) is 24.3 Å². The zero-order valence-electron chi connectivity index (χ0n) is 16.3. The first-order chi connectivity index (χ1) is 13.8. The van der Waals surface area contributed by atoms with Gasteiger partial charge < -0.3 is 10.1 Å². The van der Waals surface area contributed by atoms with Crippen LogP contribution in [0, 0.1) is 12.7 Å². The van der Waals surface area contributed by atoms with Crippen molar-refractivity contribution in [1.29, 1.82) is 0 Å². The fourth-order valence-electron chi connectivity index (χ4n) is 2.75. The molecule has 1 fully saturated rings. The van der Waals surface area contributed by atoms with E-state index in [-0.39, 0.29) is 22.7 Å². The fourth-order valence-corrected chi connectivity index (χ4v) is 4.08. The summed E-state index contributed by atoms with van der Waals surface area (Å²) in [4.78, 5) is 12.6. The topological polar surface area (TPSA) is 84.5 Å². The summed E-state index contributed by atoms with van der Waals surface area (Å²) in [6.45, 7) is 2.68. The van der Waals surface area contributed by atoms with E-state index in [9.17, 15) is 17.6 Å². The summed E-state index contributed by atoms with van der Waals surface area (Å²) >= 11 is 0. The normalized spacial score (nSPS) is 13.9. The van der Waals surface area contributed by atoms with Gasteiger partial charge in [0.15, 0.2) is 0 Å². The molecule has 1 aliphatic carbocycles. The van der Waals surface area contributed by atoms with E-state index >= 15 is 0 Å². The van der Waals surface area contributed by atoms with Crippen LogP contribution in [0.2, 0.25) is 0 Å². The van der Waals surface area contributed by atoms with Crippen molar-refractivity contribution in [3.05, 3.63) is 59.4 Å². The Morgan fingerprint density at radius 2 is 1.86 bits per heavy atom. The molecule has 0 saturated heterocycles. The van der Waals surface area contributed by atoms with E-state index in [0.29, 0.717) is 36.4 Å². The zero-order chi connectivity index (χ0) is 20.9. The number of carbonyl (C=O) groups is 1. The summed E-state index contributed by atoms with van der Waals surface area (Å²) in [7, 11) is -3.60. The Kier molecular flexibility index (Phi) is 6.87. The lowest BCUT2D eigenvalue weighted by Crippen LogP contribution is -2.28. The maximum atomic E-state index is 12.8. The van der Waals surface area contributed by atoms with Gasteiger partial charge in [0.05, 0.1) is 11.5 Å². The molecule has 1 aliphatic rings. The van der Waals surface area contributed by atoms with E-state index in [0.717, 1.165) is 19.3 Å². The van der Waals surface area contributed by atoms with Gasteiger partial charge in [-0.1, -0.05) is 6.07 Å². The molecular weight excluding hydrogens is 395 g/mol. The lowest BCUT2D eigenvalue weighted by atomic mass is 10.1. The van der Waals surface area contributed by atoms with Gasteiger partial charge in [-0.15, -0.1) is 0 Å². The highest BCUT2D eigenvalue weighted by atomic mass is 32.2. The fraction of sp³-hybridized carbons (Fsp3) is 0.381. The average Bonchev–Trinajstić information content (AvgIpc) is 3.49. The molecule has 2 aromatic rings. The second-order valence-corrected chi connectivity index (χ2v) is 8.85. The molecule has 0 unspecified atom stereocenters. The number of unbranched alkanes of at least 4 members (excludes halogenated alkanes) is 1. The zero-order valence-corrected chi connectivity index (χ0v) is 17.1. The van der Waals surface area contributed by atoms with Crippen molar-refractivity contribution >= 4 is 15.9 Å². The number of sulfonamides is 1. The summed E-state index contributed by atoms with van der Waals surface area (Å²) in [6, 6.07) is 10.4. The summed E-state index contributed by atoms with van der Waals surface area (Å²) in [5.74, 6) is -0.00939. The van der Waals surface area contributed by atoms with Gasteiger partial charge >= 0.3 is 0 Å². The molecular formula is C21H25FN2O4S. The first-order valence-corrected chi connectivity index (χ1v) is 11.1. The number of amides is 1. The standard InChI is InChI=1S/C21H25FN2O4S/c1-15-4-11-19(29(26,27)24-17-7-8-17)14-20(15)21(25)23-12-2-3-13-28-18-9-5-16(22)6-10-18/h4-6,9-11,14,17,24H,2-3,7-8,12-13H2,1H3,(H,23,25). The molecule has 0 bridgehead atoms. The van der Waals surface area contributed by atoms with Crippen molar-refractivity contribution < 1.29 is 22.3 Å². The highest BCUT2D eigenvalue weighted by Gasteiger charge is 2.28. The number of hydrogen-bond acceptors (Lipinski definition) is 4. The number of benzene rings is 2. The van der Waals surface area contributed by atoms with Crippen molar-refractivity contribution in [3.8, 4) is 5.75 Å². The van der Waals surface area contributed by atoms with Crippen LogP contribution in [-0.2, 0) is 10.0 Å². The van der Waals surface area contributed by atoms with Crippen molar-refractivity contribution in [2.75, 3.05) is 13.2 Å². The van der Waals surface area contributed by atoms with Crippen LogP contribution in [0.15, 0.2) is 47.4 Å². The van der Waals surface area contributed by atoms with E-state index in [1.54, 1.807) is 25.1 Å². The van der Waals surface area contributed by atoms with Gasteiger partial charge in [0.2, 0.25) is 10.0 Å². The number of hydrogen-bond donors (Lipinski definition) is 2. The van der Waals surface area contributed by atoms with E-state index in [2.05, 4.69) is 10.0 Å². The van der Waals surface area contributed by atoms with Crippen LogP contribution in [-0.4, -0.2) is 33.5 Å². The quantitative estimate of drug-likeness (QED) is 0.578. The maximum absolute atomic E-state index is 12.8. The molecule has 1 amide bonds. The van der Waals surface area contributed by atoms with Gasteiger partial charge in [-0.3, -0.25) is 4.79 Å². The third-order valence-corrected chi connectivity index (χ3v) is 6.12. The number of aryl methyl sites for hydroxylation is 1. The van der Waals surface area contributed by atoms with Crippen molar-refractivity contribution in [2.24, 2.45) is 0 Å². The van der Waals surface area contributed by atoms with Crippen molar-refractivity contribution in [2.45, 2.75) is 43.5 Å². The number of halogens is 1. The van der Waals surface area contributed by atoms with E-state index < -0.39 is 10.0 Å². The molecule has 0 heterocycles. The molecule has 0 aromatic heterocycles. The maximum Gasteiger partial charge on any atom is 0.251 e. The van der Waals surface area contributed by atoms with Gasteiger partial charge in [-0.25, -0.2) is 17.5 Å². The Morgan fingerprint density at radius 3 is 2.55 bits per heavy atom. The number of nitrogens with one attached hydrogen (secondary N) is 2. The third-order valence-electron chi connectivity index (χ3n) is 4.60.